The lowest BCUT2D eigenvalue weighted by Crippen LogP contribution is -2.38. The maximum Gasteiger partial charge on any atom is 0.338 e. The number of alkyl halides is 1. The Morgan fingerprint density at radius 1 is 1.11 bits per heavy atom. The molecule has 1 aliphatic heterocycles. The van der Waals surface area contributed by atoms with Crippen LogP contribution in [0.3, 0.4) is 0 Å². The Bertz CT molecular complexity index is 944. The van der Waals surface area contributed by atoms with Crippen LogP contribution in [-0.4, -0.2) is 47.7 Å². The van der Waals surface area contributed by atoms with Crippen LogP contribution in [0.2, 0.25) is 0 Å². The first-order chi connectivity index (χ1) is 16.8. The van der Waals surface area contributed by atoms with Gasteiger partial charge in [0.15, 0.2) is 5.79 Å². The summed E-state index contributed by atoms with van der Waals surface area (Å²) in [6.45, 7) is 6.32. The molecule has 4 atom stereocenters. The van der Waals surface area contributed by atoms with E-state index in [1.165, 1.54) is 0 Å². The molecule has 3 rings (SSSR count). The van der Waals surface area contributed by atoms with E-state index in [0.29, 0.717) is 18.6 Å². The minimum Gasteiger partial charge on any atom is -0.497 e. The maximum absolute atomic E-state index is 12.9. The summed E-state index contributed by atoms with van der Waals surface area (Å²) in [4.78, 5) is 12.9. The molecule has 6 nitrogen and oxygen atoms in total. The van der Waals surface area contributed by atoms with Gasteiger partial charge in [0.1, 0.15) is 18.0 Å². The third-order valence-corrected chi connectivity index (χ3v) is 6.30. The lowest BCUT2D eigenvalue weighted by atomic mass is 10.0. The number of carbonyl (C=O) groups is 1. The van der Waals surface area contributed by atoms with Crippen molar-refractivity contribution >= 4 is 28.6 Å². The molecule has 2 aromatic rings. The van der Waals surface area contributed by atoms with Gasteiger partial charge >= 0.3 is 5.97 Å². The first kappa shape index (κ1) is 27.6. The fraction of sp³-hybridized carbons (Fsp3) is 0.464. The van der Waals surface area contributed by atoms with Crippen LogP contribution in [0.15, 0.2) is 66.7 Å². The topological polar surface area (TPSA) is 63.2 Å². The van der Waals surface area contributed by atoms with E-state index < -0.39 is 11.9 Å². The highest BCUT2D eigenvalue weighted by atomic mass is 127. The molecule has 0 amide bonds. The minimum atomic E-state index is -0.735. The minimum absolute atomic E-state index is 0.0128. The highest BCUT2D eigenvalue weighted by Gasteiger charge is 2.45. The first-order valence-corrected chi connectivity index (χ1v) is 13.4. The number of benzene rings is 2. The van der Waals surface area contributed by atoms with Gasteiger partial charge in [0, 0.05) is 4.43 Å². The summed E-state index contributed by atoms with van der Waals surface area (Å²) in [6.07, 6.45) is 4.24. The van der Waals surface area contributed by atoms with E-state index in [-0.39, 0.29) is 24.3 Å². The summed E-state index contributed by atoms with van der Waals surface area (Å²) < 4.78 is 30.4. The van der Waals surface area contributed by atoms with Gasteiger partial charge in [-0.3, -0.25) is 0 Å². The zero-order valence-corrected chi connectivity index (χ0v) is 23.0. The zero-order chi connectivity index (χ0) is 25.3. The number of ether oxygens (including phenoxy) is 5. The molecule has 0 saturated carbocycles. The van der Waals surface area contributed by atoms with Crippen LogP contribution >= 0.6 is 22.6 Å². The normalized spacial score (nSPS) is 21.1. The molecular formula is C28H35IO6. The van der Waals surface area contributed by atoms with Gasteiger partial charge in [-0.05, 0) is 69.5 Å². The second-order valence-electron chi connectivity index (χ2n) is 8.99. The van der Waals surface area contributed by atoms with Crippen molar-refractivity contribution in [3.8, 4) is 5.75 Å². The Hall–Kier alpha value is -1.94. The summed E-state index contributed by atoms with van der Waals surface area (Å²) in [7, 11) is 1.65. The second kappa shape index (κ2) is 13.4. The van der Waals surface area contributed by atoms with Crippen LogP contribution in [0.4, 0.5) is 0 Å². The van der Waals surface area contributed by atoms with Crippen molar-refractivity contribution in [2.75, 3.05) is 11.5 Å². The SMILES string of the molecule is COc1ccc(CO[C@@H](C)C/C=C\C(OC(=O)c2ccccc2)C2OC(C)(C)OC2CCI)cc1. The molecule has 0 radical (unpaired) electrons. The molecule has 1 fully saturated rings. The highest BCUT2D eigenvalue weighted by Crippen LogP contribution is 2.33. The number of esters is 1. The van der Waals surface area contributed by atoms with Crippen molar-refractivity contribution in [1.82, 2.24) is 0 Å². The molecule has 1 saturated heterocycles. The standard InChI is InChI=1S/C28H35IO6/c1-20(32-19-21-13-15-23(31-4)16-14-21)9-8-12-24(33-27(30)22-10-6-5-7-11-22)26-25(17-18-29)34-28(2,3)35-26/h5-8,10-16,20,24-26H,9,17-19H2,1-4H3/b12-8-/t20-,24?,25?,26?/m0/s1. The molecule has 0 aromatic heterocycles. The van der Waals surface area contributed by atoms with E-state index in [2.05, 4.69) is 22.6 Å². The molecule has 35 heavy (non-hydrogen) atoms. The first-order valence-electron chi connectivity index (χ1n) is 11.9. The van der Waals surface area contributed by atoms with Gasteiger partial charge in [-0.15, -0.1) is 0 Å². The van der Waals surface area contributed by atoms with E-state index >= 15 is 0 Å². The van der Waals surface area contributed by atoms with Gasteiger partial charge in [0.2, 0.25) is 0 Å². The van der Waals surface area contributed by atoms with Crippen molar-refractivity contribution in [3.63, 3.8) is 0 Å². The molecule has 1 aliphatic rings. The summed E-state index contributed by atoms with van der Waals surface area (Å²) in [6, 6.07) is 16.8. The predicted molar refractivity (Wildman–Crippen MR) is 144 cm³/mol. The van der Waals surface area contributed by atoms with Crippen molar-refractivity contribution in [2.45, 2.75) is 70.4 Å². The largest absolute Gasteiger partial charge is 0.497 e. The second-order valence-corrected chi connectivity index (χ2v) is 10.1. The van der Waals surface area contributed by atoms with Crippen molar-refractivity contribution in [3.05, 3.63) is 77.9 Å². The lowest BCUT2D eigenvalue weighted by molar-refractivity contribution is -0.153. The van der Waals surface area contributed by atoms with Gasteiger partial charge in [0.25, 0.3) is 0 Å². The highest BCUT2D eigenvalue weighted by molar-refractivity contribution is 14.1. The van der Waals surface area contributed by atoms with E-state index in [0.717, 1.165) is 22.2 Å². The Balaban J connectivity index is 1.65. The Morgan fingerprint density at radius 3 is 2.49 bits per heavy atom. The summed E-state index contributed by atoms with van der Waals surface area (Å²) in [5.41, 5.74) is 1.59. The van der Waals surface area contributed by atoms with Crippen LogP contribution in [-0.2, 0) is 25.6 Å². The van der Waals surface area contributed by atoms with Crippen LogP contribution in [0.1, 0.15) is 49.5 Å². The lowest BCUT2D eigenvalue weighted by Gasteiger charge is -2.24. The van der Waals surface area contributed by atoms with Gasteiger partial charge in [-0.2, -0.15) is 0 Å². The van der Waals surface area contributed by atoms with Gasteiger partial charge < -0.3 is 23.7 Å². The number of carbonyl (C=O) groups excluding carboxylic acids is 1. The number of methoxy groups -OCH3 is 1. The number of rotatable bonds is 12. The Labute approximate surface area is 222 Å². The average Bonchev–Trinajstić information content (AvgIpc) is 3.17. The average molecular weight is 594 g/mol. The van der Waals surface area contributed by atoms with Crippen LogP contribution in [0, 0.1) is 0 Å². The fourth-order valence-electron chi connectivity index (χ4n) is 3.89. The van der Waals surface area contributed by atoms with E-state index in [4.69, 9.17) is 23.7 Å². The van der Waals surface area contributed by atoms with Gasteiger partial charge in [-0.25, -0.2) is 4.79 Å². The summed E-state index contributed by atoms with van der Waals surface area (Å²) >= 11 is 2.33. The monoisotopic (exact) mass is 594 g/mol. The smallest absolute Gasteiger partial charge is 0.338 e. The van der Waals surface area contributed by atoms with Crippen molar-refractivity contribution < 1.29 is 28.5 Å². The van der Waals surface area contributed by atoms with Crippen LogP contribution < -0.4 is 4.74 Å². The third kappa shape index (κ3) is 8.59. The molecule has 3 unspecified atom stereocenters. The zero-order valence-electron chi connectivity index (χ0n) is 20.8. The number of hydrogen-bond acceptors (Lipinski definition) is 6. The summed E-state index contributed by atoms with van der Waals surface area (Å²) in [5.74, 6) is -0.296. The molecule has 0 spiro atoms. The Kier molecular flexibility index (Phi) is 10.6. The quantitative estimate of drug-likeness (QED) is 0.128. The maximum atomic E-state index is 12.9. The van der Waals surface area contributed by atoms with Crippen LogP contribution in [0.25, 0.3) is 0 Å². The fourth-order valence-corrected chi connectivity index (χ4v) is 4.50. The summed E-state index contributed by atoms with van der Waals surface area (Å²) in [5, 5.41) is 0. The number of hydrogen-bond donors (Lipinski definition) is 0. The molecule has 7 heteroatoms. The van der Waals surface area contributed by atoms with E-state index in [9.17, 15) is 4.79 Å². The third-order valence-electron chi connectivity index (χ3n) is 5.68. The van der Waals surface area contributed by atoms with Gasteiger partial charge in [-0.1, -0.05) is 59.0 Å². The number of halogens is 1. The molecule has 0 aliphatic carbocycles. The van der Waals surface area contributed by atoms with Gasteiger partial charge in [0.05, 0.1) is 31.5 Å². The van der Waals surface area contributed by atoms with E-state index in [1.54, 1.807) is 19.2 Å². The molecule has 0 N–H and O–H groups in total. The van der Waals surface area contributed by atoms with Crippen molar-refractivity contribution in [1.29, 1.82) is 0 Å². The molecule has 0 bridgehead atoms. The molecule has 1 heterocycles. The molecule has 190 valence electrons. The Morgan fingerprint density at radius 2 is 1.83 bits per heavy atom. The van der Waals surface area contributed by atoms with Crippen LogP contribution in [0.5, 0.6) is 5.75 Å². The molecular weight excluding hydrogens is 559 g/mol. The van der Waals surface area contributed by atoms with E-state index in [1.807, 2.05) is 75.4 Å². The predicted octanol–water partition coefficient (Wildman–Crippen LogP) is 6.12. The molecule has 2 aromatic carbocycles. The van der Waals surface area contributed by atoms with Crippen molar-refractivity contribution in [2.24, 2.45) is 0 Å².